The maximum atomic E-state index is 12.8. The van der Waals surface area contributed by atoms with Gasteiger partial charge in [-0.05, 0) is 48.7 Å². The highest BCUT2D eigenvalue weighted by Crippen LogP contribution is 2.27. The Morgan fingerprint density at radius 1 is 1.04 bits per heavy atom. The first kappa shape index (κ1) is 16.2. The van der Waals surface area contributed by atoms with E-state index in [4.69, 9.17) is 0 Å². The molecule has 6 heteroatoms. The fourth-order valence-electron chi connectivity index (χ4n) is 3.11. The van der Waals surface area contributed by atoms with Gasteiger partial charge in [0.15, 0.2) is 5.69 Å². The third-order valence-corrected chi connectivity index (χ3v) is 4.42. The topological polar surface area (TPSA) is 71.0 Å². The SMILES string of the molecule is O=C(c1ccc(NCc2ccccn2)nn1)N1CCCc2ccccc21. The predicted octanol–water partition coefficient (Wildman–Crippen LogP) is 3.08. The molecule has 3 heterocycles. The fourth-order valence-corrected chi connectivity index (χ4v) is 3.11. The van der Waals surface area contributed by atoms with Gasteiger partial charge in [0.25, 0.3) is 5.91 Å². The molecule has 0 atom stereocenters. The zero-order chi connectivity index (χ0) is 17.8. The van der Waals surface area contributed by atoms with E-state index in [-0.39, 0.29) is 5.91 Å². The summed E-state index contributed by atoms with van der Waals surface area (Å²) >= 11 is 0. The van der Waals surface area contributed by atoms with Gasteiger partial charge in [-0.15, -0.1) is 10.2 Å². The molecule has 0 spiro atoms. The van der Waals surface area contributed by atoms with Gasteiger partial charge in [0, 0.05) is 18.4 Å². The molecule has 0 saturated heterocycles. The van der Waals surface area contributed by atoms with Crippen LogP contribution in [0.1, 0.15) is 28.2 Å². The molecule has 1 aliphatic rings. The normalized spacial score (nSPS) is 13.2. The lowest BCUT2D eigenvalue weighted by molar-refractivity contribution is 0.0979. The highest BCUT2D eigenvalue weighted by Gasteiger charge is 2.24. The summed E-state index contributed by atoms with van der Waals surface area (Å²) in [5, 5.41) is 11.4. The van der Waals surface area contributed by atoms with Gasteiger partial charge in [-0.3, -0.25) is 9.78 Å². The Bertz CT molecular complexity index is 896. The second-order valence-corrected chi connectivity index (χ2v) is 6.17. The Balaban J connectivity index is 1.46. The van der Waals surface area contributed by atoms with E-state index in [1.165, 1.54) is 5.56 Å². The molecule has 0 saturated carbocycles. The van der Waals surface area contributed by atoms with Crippen LogP contribution in [0.4, 0.5) is 11.5 Å². The molecule has 2 aromatic heterocycles. The van der Waals surface area contributed by atoms with Crippen molar-refractivity contribution in [3.8, 4) is 0 Å². The minimum Gasteiger partial charge on any atom is -0.363 e. The van der Waals surface area contributed by atoms with Crippen molar-refractivity contribution in [2.24, 2.45) is 0 Å². The molecule has 1 aliphatic heterocycles. The second-order valence-electron chi connectivity index (χ2n) is 6.17. The van der Waals surface area contributed by atoms with Gasteiger partial charge >= 0.3 is 0 Å². The molecule has 0 fully saturated rings. The molecule has 0 unspecified atom stereocenters. The molecule has 1 amide bonds. The molecular weight excluding hydrogens is 326 g/mol. The third kappa shape index (κ3) is 3.39. The Morgan fingerprint density at radius 2 is 1.92 bits per heavy atom. The Labute approximate surface area is 151 Å². The molecule has 0 bridgehead atoms. The van der Waals surface area contributed by atoms with Crippen LogP contribution in [0.5, 0.6) is 0 Å². The lowest BCUT2D eigenvalue weighted by Crippen LogP contribution is -2.36. The quantitative estimate of drug-likeness (QED) is 0.787. The molecule has 6 nitrogen and oxygen atoms in total. The summed E-state index contributed by atoms with van der Waals surface area (Å²) in [6.45, 7) is 1.26. The van der Waals surface area contributed by atoms with Crippen LogP contribution in [0.25, 0.3) is 0 Å². The Hall–Kier alpha value is -3.28. The number of nitrogens with zero attached hydrogens (tertiary/aromatic N) is 4. The summed E-state index contributed by atoms with van der Waals surface area (Å²) < 4.78 is 0. The average molecular weight is 345 g/mol. The minimum absolute atomic E-state index is 0.110. The fraction of sp³-hybridized carbons (Fsp3) is 0.200. The maximum Gasteiger partial charge on any atom is 0.278 e. The van der Waals surface area contributed by atoms with E-state index >= 15 is 0 Å². The number of hydrogen-bond donors (Lipinski definition) is 1. The highest BCUT2D eigenvalue weighted by molar-refractivity contribution is 6.05. The molecule has 130 valence electrons. The van der Waals surface area contributed by atoms with E-state index in [1.807, 2.05) is 36.4 Å². The van der Waals surface area contributed by atoms with E-state index in [9.17, 15) is 4.79 Å². The number of amides is 1. The smallest absolute Gasteiger partial charge is 0.278 e. The van der Waals surface area contributed by atoms with E-state index in [0.717, 1.165) is 24.2 Å². The van der Waals surface area contributed by atoms with Gasteiger partial charge < -0.3 is 10.2 Å². The summed E-state index contributed by atoms with van der Waals surface area (Å²) in [7, 11) is 0. The number of pyridine rings is 1. The van der Waals surface area contributed by atoms with Crippen LogP contribution < -0.4 is 10.2 Å². The average Bonchev–Trinajstić information content (AvgIpc) is 2.72. The number of anilines is 2. The lowest BCUT2D eigenvalue weighted by Gasteiger charge is -2.29. The highest BCUT2D eigenvalue weighted by atomic mass is 16.2. The summed E-state index contributed by atoms with van der Waals surface area (Å²) in [5.41, 5.74) is 3.45. The van der Waals surface area contributed by atoms with Crippen LogP contribution >= 0.6 is 0 Å². The first-order chi connectivity index (χ1) is 12.8. The van der Waals surface area contributed by atoms with Gasteiger partial charge in [0.1, 0.15) is 5.82 Å². The number of fused-ring (bicyclic) bond motifs is 1. The summed E-state index contributed by atoms with van der Waals surface area (Å²) in [4.78, 5) is 18.9. The van der Waals surface area contributed by atoms with Crippen molar-refractivity contribution < 1.29 is 4.79 Å². The van der Waals surface area contributed by atoms with Gasteiger partial charge in [-0.25, -0.2) is 0 Å². The van der Waals surface area contributed by atoms with Gasteiger partial charge in [0.05, 0.1) is 12.2 Å². The molecule has 1 N–H and O–H groups in total. The number of nitrogens with one attached hydrogen (secondary N) is 1. The van der Waals surface area contributed by atoms with Gasteiger partial charge in [0.2, 0.25) is 0 Å². The van der Waals surface area contributed by atoms with Crippen molar-refractivity contribution >= 4 is 17.4 Å². The first-order valence-electron chi connectivity index (χ1n) is 8.68. The van der Waals surface area contributed by atoms with Gasteiger partial charge in [-0.1, -0.05) is 24.3 Å². The predicted molar refractivity (Wildman–Crippen MR) is 100 cm³/mol. The summed E-state index contributed by atoms with van der Waals surface area (Å²) in [6.07, 6.45) is 3.71. The molecule has 26 heavy (non-hydrogen) atoms. The van der Waals surface area contributed by atoms with Crippen molar-refractivity contribution in [2.75, 3.05) is 16.8 Å². The van der Waals surface area contributed by atoms with Crippen molar-refractivity contribution in [1.82, 2.24) is 15.2 Å². The lowest BCUT2D eigenvalue weighted by atomic mass is 10.0. The number of hydrogen-bond acceptors (Lipinski definition) is 5. The number of benzene rings is 1. The zero-order valence-corrected chi connectivity index (χ0v) is 14.3. The van der Waals surface area contributed by atoms with Crippen molar-refractivity contribution in [3.63, 3.8) is 0 Å². The molecule has 0 radical (unpaired) electrons. The second kappa shape index (κ2) is 7.31. The van der Waals surface area contributed by atoms with Crippen molar-refractivity contribution in [3.05, 3.63) is 77.7 Å². The van der Waals surface area contributed by atoms with E-state index in [1.54, 1.807) is 23.2 Å². The minimum atomic E-state index is -0.110. The van der Waals surface area contributed by atoms with Crippen molar-refractivity contribution in [2.45, 2.75) is 19.4 Å². The van der Waals surface area contributed by atoms with Crippen LogP contribution in [0.15, 0.2) is 60.8 Å². The maximum absolute atomic E-state index is 12.8. The van der Waals surface area contributed by atoms with Crippen LogP contribution in [-0.4, -0.2) is 27.6 Å². The Kier molecular flexibility index (Phi) is 4.55. The van der Waals surface area contributed by atoms with E-state index < -0.39 is 0 Å². The monoisotopic (exact) mass is 345 g/mol. The third-order valence-electron chi connectivity index (χ3n) is 4.42. The number of para-hydroxylation sites is 1. The van der Waals surface area contributed by atoms with E-state index in [2.05, 4.69) is 26.6 Å². The summed E-state index contributed by atoms with van der Waals surface area (Å²) in [6, 6.07) is 17.3. The molecule has 0 aliphatic carbocycles. The van der Waals surface area contributed by atoms with Gasteiger partial charge in [-0.2, -0.15) is 0 Å². The molecular formula is C20H19N5O. The summed E-state index contributed by atoms with van der Waals surface area (Å²) in [5.74, 6) is 0.507. The number of rotatable bonds is 4. The molecule has 1 aromatic carbocycles. The van der Waals surface area contributed by atoms with Crippen LogP contribution in [0.2, 0.25) is 0 Å². The van der Waals surface area contributed by atoms with Crippen LogP contribution in [-0.2, 0) is 13.0 Å². The largest absolute Gasteiger partial charge is 0.363 e. The standard InChI is InChI=1S/C20H19N5O/c26-20(25-13-5-7-15-6-1-2-9-18(15)25)17-10-11-19(24-23-17)22-14-16-8-3-4-12-21-16/h1-4,6,8-12H,5,7,13-14H2,(H,22,24). The zero-order valence-electron chi connectivity index (χ0n) is 14.3. The number of aryl methyl sites for hydroxylation is 1. The number of carbonyl (C=O) groups is 1. The first-order valence-corrected chi connectivity index (χ1v) is 8.68. The van der Waals surface area contributed by atoms with Crippen LogP contribution in [0.3, 0.4) is 0 Å². The van der Waals surface area contributed by atoms with Crippen LogP contribution in [0, 0.1) is 0 Å². The van der Waals surface area contributed by atoms with E-state index in [0.29, 0.717) is 24.6 Å². The number of aromatic nitrogens is 3. The Morgan fingerprint density at radius 3 is 2.73 bits per heavy atom. The van der Waals surface area contributed by atoms with Crippen molar-refractivity contribution in [1.29, 1.82) is 0 Å². The molecule has 4 rings (SSSR count). The molecule has 3 aromatic rings. The number of carbonyl (C=O) groups excluding carboxylic acids is 1.